The van der Waals surface area contributed by atoms with Crippen LogP contribution in [0.3, 0.4) is 0 Å². The van der Waals surface area contributed by atoms with E-state index in [9.17, 15) is 0 Å². The summed E-state index contributed by atoms with van der Waals surface area (Å²) < 4.78 is 0. The minimum atomic E-state index is 0.617. The van der Waals surface area contributed by atoms with Crippen molar-refractivity contribution in [3.05, 3.63) is 36.5 Å². The Bertz CT molecular complexity index is 169. The highest BCUT2D eigenvalue weighted by molar-refractivity contribution is 5.27. The van der Waals surface area contributed by atoms with Crippen LogP contribution in [-0.2, 0) is 0 Å². The number of rotatable bonds is 0. The molecule has 1 N–H and O–H groups in total. The zero-order valence-corrected chi connectivity index (χ0v) is 5.12. The van der Waals surface area contributed by atoms with Crippen molar-refractivity contribution in [3.63, 3.8) is 0 Å². The molecule has 46 valence electrons. The molecule has 1 heteroatoms. The standard InChI is InChI=1S/C8H9N/c1-2-4-6-8-7(9-8)5-3-1/h1-9H/b2-1-,5-3-,6-4-. The molecular formula is C8H9N. The number of fused-ring (bicyclic) bond motifs is 1. The summed E-state index contributed by atoms with van der Waals surface area (Å²) in [6.45, 7) is 0. The average Bonchev–Trinajstić information content (AvgIpc) is 2.46. The van der Waals surface area contributed by atoms with Crippen LogP contribution < -0.4 is 5.32 Å². The molecule has 1 nitrogen and oxygen atoms in total. The summed E-state index contributed by atoms with van der Waals surface area (Å²) in [6, 6.07) is 1.23. The molecule has 0 amide bonds. The summed E-state index contributed by atoms with van der Waals surface area (Å²) in [6.07, 6.45) is 12.6. The molecule has 0 aromatic carbocycles. The van der Waals surface area contributed by atoms with Gasteiger partial charge in [-0.1, -0.05) is 36.5 Å². The lowest BCUT2D eigenvalue weighted by Gasteiger charge is -1.83. The lowest BCUT2D eigenvalue weighted by Crippen LogP contribution is -1.84. The first-order valence-electron chi connectivity index (χ1n) is 3.24. The highest BCUT2D eigenvalue weighted by Gasteiger charge is 2.30. The number of hydrogen-bond donors (Lipinski definition) is 1. The summed E-state index contributed by atoms with van der Waals surface area (Å²) in [4.78, 5) is 0. The Morgan fingerprint density at radius 2 is 1.33 bits per heavy atom. The fourth-order valence-corrected chi connectivity index (χ4v) is 1.01. The van der Waals surface area contributed by atoms with Crippen molar-refractivity contribution < 1.29 is 0 Å². The predicted octanol–water partition coefficient (Wildman–Crippen LogP) is 1.01. The van der Waals surface area contributed by atoms with E-state index in [1.54, 1.807) is 0 Å². The molecule has 2 unspecified atom stereocenters. The van der Waals surface area contributed by atoms with Gasteiger partial charge < -0.3 is 5.32 Å². The van der Waals surface area contributed by atoms with Crippen LogP contribution in [0.25, 0.3) is 0 Å². The van der Waals surface area contributed by atoms with Crippen molar-refractivity contribution in [1.82, 2.24) is 5.32 Å². The van der Waals surface area contributed by atoms with Crippen molar-refractivity contribution in [2.75, 3.05) is 0 Å². The van der Waals surface area contributed by atoms with Gasteiger partial charge in [0.1, 0.15) is 0 Å². The molecule has 1 saturated heterocycles. The van der Waals surface area contributed by atoms with E-state index in [4.69, 9.17) is 0 Å². The summed E-state index contributed by atoms with van der Waals surface area (Å²) in [5, 5.41) is 3.30. The minimum Gasteiger partial charge on any atom is -0.301 e. The molecule has 1 aliphatic heterocycles. The molecule has 1 aliphatic carbocycles. The topological polar surface area (TPSA) is 21.9 Å². The predicted molar refractivity (Wildman–Crippen MR) is 38.1 cm³/mol. The average molecular weight is 119 g/mol. The maximum absolute atomic E-state index is 3.30. The van der Waals surface area contributed by atoms with Crippen molar-refractivity contribution in [2.24, 2.45) is 0 Å². The summed E-state index contributed by atoms with van der Waals surface area (Å²) in [5.74, 6) is 0. The molecule has 0 saturated carbocycles. The zero-order valence-electron chi connectivity index (χ0n) is 5.12. The maximum Gasteiger partial charge on any atom is 0.0450 e. The zero-order chi connectivity index (χ0) is 6.10. The Labute approximate surface area is 54.8 Å². The Morgan fingerprint density at radius 1 is 0.778 bits per heavy atom. The fourth-order valence-electron chi connectivity index (χ4n) is 1.01. The van der Waals surface area contributed by atoms with E-state index in [1.807, 2.05) is 12.2 Å². The fraction of sp³-hybridized carbons (Fsp3) is 0.250. The SMILES string of the molecule is C1=C\C=C/C2NC2\C=C/1. The first-order chi connectivity index (χ1) is 4.47. The quantitative estimate of drug-likeness (QED) is 0.472. The van der Waals surface area contributed by atoms with Crippen molar-refractivity contribution in [1.29, 1.82) is 0 Å². The second kappa shape index (κ2) is 1.85. The van der Waals surface area contributed by atoms with Gasteiger partial charge in [0.05, 0.1) is 0 Å². The van der Waals surface area contributed by atoms with E-state index in [1.165, 1.54) is 0 Å². The van der Waals surface area contributed by atoms with Gasteiger partial charge in [-0.25, -0.2) is 0 Å². The molecule has 9 heavy (non-hydrogen) atoms. The van der Waals surface area contributed by atoms with Gasteiger partial charge >= 0.3 is 0 Å². The van der Waals surface area contributed by atoms with E-state index in [-0.39, 0.29) is 0 Å². The van der Waals surface area contributed by atoms with Gasteiger partial charge in [0.25, 0.3) is 0 Å². The second-order valence-corrected chi connectivity index (χ2v) is 2.37. The summed E-state index contributed by atoms with van der Waals surface area (Å²) in [5.41, 5.74) is 0. The van der Waals surface area contributed by atoms with Gasteiger partial charge in [0.15, 0.2) is 0 Å². The molecule has 0 bridgehead atoms. The van der Waals surface area contributed by atoms with Gasteiger partial charge in [0.2, 0.25) is 0 Å². The third-order valence-corrected chi connectivity index (χ3v) is 1.63. The summed E-state index contributed by atoms with van der Waals surface area (Å²) >= 11 is 0. The highest BCUT2D eigenvalue weighted by atomic mass is 15.1. The maximum atomic E-state index is 3.30. The smallest absolute Gasteiger partial charge is 0.0450 e. The summed E-state index contributed by atoms with van der Waals surface area (Å²) in [7, 11) is 0. The lowest BCUT2D eigenvalue weighted by molar-refractivity contribution is 1.20. The third-order valence-electron chi connectivity index (χ3n) is 1.63. The largest absolute Gasteiger partial charge is 0.301 e. The molecule has 0 spiro atoms. The second-order valence-electron chi connectivity index (χ2n) is 2.37. The van der Waals surface area contributed by atoms with E-state index in [2.05, 4.69) is 29.6 Å². The van der Waals surface area contributed by atoms with Crippen LogP contribution >= 0.6 is 0 Å². The molecule has 1 heterocycles. The lowest BCUT2D eigenvalue weighted by atomic mass is 10.2. The Hall–Kier alpha value is -0.820. The van der Waals surface area contributed by atoms with E-state index in [0.29, 0.717) is 12.1 Å². The normalized spacial score (nSPS) is 48.0. The Kier molecular flexibility index (Phi) is 1.03. The van der Waals surface area contributed by atoms with Crippen LogP contribution in [0.1, 0.15) is 0 Å². The first kappa shape index (κ1) is 5.00. The van der Waals surface area contributed by atoms with Crippen molar-refractivity contribution in [3.8, 4) is 0 Å². The van der Waals surface area contributed by atoms with Gasteiger partial charge in [0, 0.05) is 12.1 Å². The van der Waals surface area contributed by atoms with Crippen LogP contribution in [0.4, 0.5) is 0 Å². The van der Waals surface area contributed by atoms with Crippen molar-refractivity contribution in [2.45, 2.75) is 12.1 Å². The van der Waals surface area contributed by atoms with E-state index in [0.717, 1.165) is 0 Å². The third kappa shape index (κ3) is 0.958. The first-order valence-corrected chi connectivity index (χ1v) is 3.24. The highest BCUT2D eigenvalue weighted by Crippen LogP contribution is 2.14. The molecule has 2 aliphatic rings. The molecule has 2 rings (SSSR count). The molecule has 0 aromatic rings. The number of nitrogens with one attached hydrogen (secondary N) is 1. The monoisotopic (exact) mass is 119 g/mol. The van der Waals surface area contributed by atoms with Crippen LogP contribution in [0.2, 0.25) is 0 Å². The molecule has 0 aromatic heterocycles. The van der Waals surface area contributed by atoms with E-state index < -0.39 is 0 Å². The minimum absolute atomic E-state index is 0.617. The van der Waals surface area contributed by atoms with Crippen LogP contribution in [0.15, 0.2) is 36.5 Å². The molecule has 1 fully saturated rings. The van der Waals surface area contributed by atoms with Crippen LogP contribution in [-0.4, -0.2) is 12.1 Å². The van der Waals surface area contributed by atoms with Gasteiger partial charge in [-0.15, -0.1) is 0 Å². The molecule has 0 radical (unpaired) electrons. The van der Waals surface area contributed by atoms with Crippen molar-refractivity contribution >= 4 is 0 Å². The van der Waals surface area contributed by atoms with E-state index >= 15 is 0 Å². The van der Waals surface area contributed by atoms with Gasteiger partial charge in [-0.05, 0) is 0 Å². The van der Waals surface area contributed by atoms with Crippen LogP contribution in [0, 0.1) is 0 Å². The number of hydrogen-bond acceptors (Lipinski definition) is 1. The van der Waals surface area contributed by atoms with Gasteiger partial charge in [-0.2, -0.15) is 0 Å². The van der Waals surface area contributed by atoms with Gasteiger partial charge in [-0.3, -0.25) is 0 Å². The number of allylic oxidation sites excluding steroid dienone is 4. The molecular weight excluding hydrogens is 110 g/mol. The Morgan fingerprint density at radius 3 is 1.89 bits per heavy atom. The molecule has 2 atom stereocenters. The Balaban J connectivity index is 2.19. The van der Waals surface area contributed by atoms with Crippen LogP contribution in [0.5, 0.6) is 0 Å².